The molecule has 124 valence electrons. The number of ether oxygens (including phenoxy) is 1. The maximum absolute atomic E-state index is 13.0. The Morgan fingerprint density at radius 2 is 1.67 bits per heavy atom. The van der Waals surface area contributed by atoms with Crippen LogP contribution < -0.4 is 4.74 Å². The number of hydrogen-bond donors (Lipinski definition) is 1. The molecule has 1 aliphatic heterocycles. The van der Waals surface area contributed by atoms with Crippen LogP contribution in [0.4, 0.5) is 17.6 Å². The van der Waals surface area contributed by atoms with Gasteiger partial charge in [0, 0.05) is 5.56 Å². The molecule has 0 radical (unpaired) electrons. The predicted octanol–water partition coefficient (Wildman–Crippen LogP) is 4.28. The van der Waals surface area contributed by atoms with E-state index in [1.807, 2.05) is 0 Å². The third kappa shape index (κ3) is 2.97. The van der Waals surface area contributed by atoms with Crippen LogP contribution in [0.3, 0.4) is 0 Å². The molecule has 1 unspecified atom stereocenters. The van der Waals surface area contributed by atoms with Crippen molar-refractivity contribution in [1.82, 2.24) is 0 Å². The number of carbonyl (C=O) groups is 1. The molecule has 3 nitrogen and oxygen atoms in total. The molecule has 2 aromatic rings. The van der Waals surface area contributed by atoms with Gasteiger partial charge in [-0.05, 0) is 41.5 Å². The van der Waals surface area contributed by atoms with Gasteiger partial charge in [-0.25, -0.2) is 9.18 Å². The molecule has 0 saturated heterocycles. The molecule has 7 heteroatoms. The zero-order valence-electron chi connectivity index (χ0n) is 12.0. The van der Waals surface area contributed by atoms with E-state index in [9.17, 15) is 22.4 Å². The Morgan fingerprint density at radius 3 is 2.25 bits per heavy atom. The van der Waals surface area contributed by atoms with Crippen molar-refractivity contribution >= 4 is 12.0 Å². The van der Waals surface area contributed by atoms with E-state index in [4.69, 9.17) is 9.84 Å². The van der Waals surface area contributed by atoms with Gasteiger partial charge in [0.1, 0.15) is 11.6 Å². The molecule has 0 fully saturated rings. The minimum Gasteiger partial charge on any atom is -0.478 e. The molecule has 24 heavy (non-hydrogen) atoms. The zero-order valence-corrected chi connectivity index (χ0v) is 12.0. The largest absolute Gasteiger partial charge is 0.478 e. The minimum atomic E-state index is -4.84. The fourth-order valence-corrected chi connectivity index (χ4v) is 2.44. The second-order valence-corrected chi connectivity index (χ2v) is 5.20. The van der Waals surface area contributed by atoms with Gasteiger partial charge in [-0.2, -0.15) is 13.2 Å². The fraction of sp³-hybridized carbons (Fsp3) is 0.118. The van der Waals surface area contributed by atoms with Crippen LogP contribution in [0.1, 0.15) is 5.56 Å². The molecule has 3 rings (SSSR count). The van der Waals surface area contributed by atoms with Crippen LogP contribution in [0.15, 0.2) is 48.0 Å². The lowest BCUT2D eigenvalue weighted by Gasteiger charge is -2.27. The highest BCUT2D eigenvalue weighted by molar-refractivity contribution is 5.95. The average Bonchev–Trinajstić information content (AvgIpc) is 2.53. The number of aliphatic carboxylic acids is 1. The monoisotopic (exact) mass is 338 g/mol. The Balaban J connectivity index is 2.06. The van der Waals surface area contributed by atoms with E-state index < -0.39 is 29.6 Å². The smallest absolute Gasteiger partial charge is 0.430 e. The predicted molar refractivity (Wildman–Crippen MR) is 77.9 cm³/mol. The first-order chi connectivity index (χ1) is 11.3. The number of fused-ring (bicyclic) bond motifs is 1. The highest BCUT2D eigenvalue weighted by Crippen LogP contribution is 2.38. The van der Waals surface area contributed by atoms with Crippen molar-refractivity contribution in [2.24, 2.45) is 0 Å². The Labute approximate surface area is 133 Å². The molecule has 1 N–H and O–H groups in total. The van der Waals surface area contributed by atoms with E-state index in [1.165, 1.54) is 42.5 Å². The molecule has 1 heterocycles. The number of benzene rings is 2. The van der Waals surface area contributed by atoms with E-state index in [1.54, 1.807) is 0 Å². The van der Waals surface area contributed by atoms with Gasteiger partial charge in [-0.3, -0.25) is 0 Å². The molecular formula is C17H10F4O3. The third-order valence-corrected chi connectivity index (χ3v) is 3.57. The molecule has 1 atom stereocenters. The number of carboxylic acids is 1. The molecule has 0 bridgehead atoms. The van der Waals surface area contributed by atoms with E-state index in [-0.39, 0.29) is 11.3 Å². The quantitative estimate of drug-likeness (QED) is 0.831. The SMILES string of the molecule is O=C(O)C1=Cc2cc(-c3ccc(F)cc3)ccc2OC1C(F)(F)F. The van der Waals surface area contributed by atoms with Crippen molar-refractivity contribution < 1.29 is 32.2 Å². The Bertz CT molecular complexity index is 823. The summed E-state index contributed by atoms with van der Waals surface area (Å²) in [7, 11) is 0. The van der Waals surface area contributed by atoms with E-state index >= 15 is 0 Å². The lowest BCUT2D eigenvalue weighted by atomic mass is 9.97. The first-order valence-electron chi connectivity index (χ1n) is 6.84. The lowest BCUT2D eigenvalue weighted by Crippen LogP contribution is -2.40. The van der Waals surface area contributed by atoms with Gasteiger partial charge in [0.15, 0.2) is 0 Å². The fourth-order valence-electron chi connectivity index (χ4n) is 2.44. The second-order valence-electron chi connectivity index (χ2n) is 5.20. The summed E-state index contributed by atoms with van der Waals surface area (Å²) in [6, 6.07) is 9.90. The van der Waals surface area contributed by atoms with Crippen molar-refractivity contribution in [1.29, 1.82) is 0 Å². The van der Waals surface area contributed by atoms with Gasteiger partial charge in [0.2, 0.25) is 6.10 Å². The van der Waals surface area contributed by atoms with Crippen molar-refractivity contribution in [3.63, 3.8) is 0 Å². The third-order valence-electron chi connectivity index (χ3n) is 3.57. The number of carboxylic acid groups (broad SMARTS) is 1. The average molecular weight is 338 g/mol. The molecule has 0 aromatic heterocycles. The summed E-state index contributed by atoms with van der Waals surface area (Å²) in [5, 5.41) is 9.02. The first kappa shape index (κ1) is 16.0. The van der Waals surface area contributed by atoms with Crippen LogP contribution in [0.25, 0.3) is 17.2 Å². The topological polar surface area (TPSA) is 46.5 Å². The summed E-state index contributed by atoms with van der Waals surface area (Å²) >= 11 is 0. The van der Waals surface area contributed by atoms with Gasteiger partial charge in [0.05, 0.1) is 5.57 Å². The zero-order chi connectivity index (χ0) is 17.5. The van der Waals surface area contributed by atoms with Crippen LogP contribution in [-0.2, 0) is 4.79 Å². The number of rotatable bonds is 2. The standard InChI is InChI=1S/C17H10F4O3/c18-12-4-1-9(2-5-12)10-3-6-14-11(7-10)8-13(16(22)23)15(24-14)17(19,20)21/h1-8,15H,(H,22,23). The van der Waals surface area contributed by atoms with Crippen LogP contribution in [0.2, 0.25) is 0 Å². The second kappa shape index (κ2) is 5.67. The normalized spacial score (nSPS) is 16.8. The molecule has 2 aromatic carbocycles. The maximum Gasteiger partial charge on any atom is 0.430 e. The molecule has 1 aliphatic rings. The Morgan fingerprint density at radius 1 is 1.04 bits per heavy atom. The molecular weight excluding hydrogens is 328 g/mol. The Kier molecular flexibility index (Phi) is 3.79. The van der Waals surface area contributed by atoms with E-state index in [2.05, 4.69) is 0 Å². The summed E-state index contributed by atoms with van der Waals surface area (Å²) in [6.07, 6.45) is -6.40. The number of alkyl halides is 3. The van der Waals surface area contributed by atoms with Crippen LogP contribution in [-0.4, -0.2) is 23.4 Å². The van der Waals surface area contributed by atoms with Gasteiger partial charge in [-0.1, -0.05) is 18.2 Å². The van der Waals surface area contributed by atoms with Gasteiger partial charge in [0.25, 0.3) is 0 Å². The summed E-state index contributed by atoms with van der Waals surface area (Å²) in [5.41, 5.74) is 0.576. The van der Waals surface area contributed by atoms with Crippen molar-refractivity contribution in [2.75, 3.05) is 0 Å². The lowest BCUT2D eigenvalue weighted by molar-refractivity contribution is -0.187. The van der Waals surface area contributed by atoms with Crippen molar-refractivity contribution in [2.45, 2.75) is 12.3 Å². The maximum atomic E-state index is 13.0. The van der Waals surface area contributed by atoms with Gasteiger partial charge in [-0.15, -0.1) is 0 Å². The molecule has 0 spiro atoms. The summed E-state index contributed by atoms with van der Waals surface area (Å²) < 4.78 is 56.7. The van der Waals surface area contributed by atoms with Crippen molar-refractivity contribution in [3.05, 3.63) is 59.4 Å². The summed E-state index contributed by atoms with van der Waals surface area (Å²) in [6.45, 7) is 0. The summed E-state index contributed by atoms with van der Waals surface area (Å²) in [5.74, 6) is -2.18. The van der Waals surface area contributed by atoms with E-state index in [0.717, 1.165) is 6.08 Å². The molecule has 0 amide bonds. The highest BCUT2D eigenvalue weighted by atomic mass is 19.4. The number of hydrogen-bond acceptors (Lipinski definition) is 2. The Hall–Kier alpha value is -2.83. The van der Waals surface area contributed by atoms with Crippen molar-refractivity contribution in [3.8, 4) is 16.9 Å². The van der Waals surface area contributed by atoms with Gasteiger partial charge >= 0.3 is 12.1 Å². The van der Waals surface area contributed by atoms with Crippen LogP contribution in [0.5, 0.6) is 5.75 Å². The highest BCUT2D eigenvalue weighted by Gasteiger charge is 2.48. The summed E-state index contributed by atoms with van der Waals surface area (Å²) in [4.78, 5) is 11.1. The minimum absolute atomic E-state index is 0.0619. The van der Waals surface area contributed by atoms with Crippen LogP contribution >= 0.6 is 0 Å². The first-order valence-corrected chi connectivity index (χ1v) is 6.84. The number of halogens is 4. The molecule has 0 saturated carbocycles. The molecule has 0 aliphatic carbocycles. The van der Waals surface area contributed by atoms with E-state index in [0.29, 0.717) is 11.1 Å². The van der Waals surface area contributed by atoms with Gasteiger partial charge < -0.3 is 9.84 Å². The van der Waals surface area contributed by atoms with Crippen LogP contribution in [0, 0.1) is 5.82 Å².